The zero-order valence-corrected chi connectivity index (χ0v) is 11.2. The van der Waals surface area contributed by atoms with E-state index in [1.54, 1.807) is 6.26 Å². The molecule has 1 unspecified atom stereocenters. The maximum Gasteiger partial charge on any atom is 0.121 e. The molecule has 0 amide bonds. The zero-order chi connectivity index (χ0) is 8.55. The molecule has 0 fully saturated rings. The molecule has 64 valence electrons. The van der Waals surface area contributed by atoms with Crippen molar-refractivity contribution in [3.63, 3.8) is 0 Å². The Balaban J connectivity index is 2.28. The number of thioether (sulfide) groups is 1. The molecule has 0 bridgehead atoms. The summed E-state index contributed by atoms with van der Waals surface area (Å²) in [5, 5.41) is 0.451. The topological polar surface area (TPSA) is 13.1 Å². The summed E-state index contributed by atoms with van der Waals surface area (Å²) in [7, 11) is 0. The van der Waals surface area contributed by atoms with Gasteiger partial charge in [-0.15, -0.1) is 11.8 Å². The number of hydrogen-bond donors (Lipinski definition) is 0. The van der Waals surface area contributed by atoms with Crippen molar-refractivity contribution in [2.75, 3.05) is 5.75 Å². The van der Waals surface area contributed by atoms with Crippen molar-refractivity contribution < 1.29 is 4.42 Å². The summed E-state index contributed by atoms with van der Waals surface area (Å²) in [5.74, 6) is 2.21. The van der Waals surface area contributed by atoms with Crippen LogP contribution in [0, 0.1) is 0 Å². The van der Waals surface area contributed by atoms with Gasteiger partial charge in [0.05, 0.1) is 11.5 Å². The number of hydrogen-bond acceptors (Lipinski definition) is 2. The van der Waals surface area contributed by atoms with Gasteiger partial charge < -0.3 is 4.42 Å². The van der Waals surface area contributed by atoms with Crippen molar-refractivity contribution in [2.45, 2.75) is 5.25 Å². The lowest BCUT2D eigenvalue weighted by molar-refractivity contribution is 0.520. The second kappa shape index (κ2) is 3.91. The Morgan fingerprint density at radius 1 is 1.50 bits per heavy atom. The molecule has 2 rings (SSSR count). The average Bonchev–Trinajstić information content (AvgIpc) is 2.64. The minimum atomic E-state index is 0.451. The van der Waals surface area contributed by atoms with Gasteiger partial charge >= 0.3 is 0 Å². The van der Waals surface area contributed by atoms with Gasteiger partial charge in [-0.05, 0) is 57.3 Å². The van der Waals surface area contributed by atoms with Crippen LogP contribution in [-0.2, 0) is 0 Å². The highest BCUT2D eigenvalue weighted by Crippen LogP contribution is 2.49. The third-order valence-corrected chi connectivity index (χ3v) is 7.13. The van der Waals surface area contributed by atoms with Gasteiger partial charge in [-0.2, -0.15) is 0 Å². The fourth-order valence-corrected chi connectivity index (χ4v) is 4.50. The molecular formula is C8H6I2OS. The predicted molar refractivity (Wildman–Crippen MR) is 69.0 cm³/mol. The lowest BCUT2D eigenvalue weighted by Crippen LogP contribution is -1.85. The second-order valence-corrected chi connectivity index (χ2v) is 6.02. The van der Waals surface area contributed by atoms with E-state index in [2.05, 4.69) is 45.2 Å². The first kappa shape index (κ1) is 9.39. The van der Waals surface area contributed by atoms with E-state index in [9.17, 15) is 0 Å². The average molecular weight is 404 g/mol. The third kappa shape index (κ3) is 1.70. The first-order valence-corrected chi connectivity index (χ1v) is 6.68. The molecule has 0 aliphatic carbocycles. The molecule has 0 saturated heterocycles. The van der Waals surface area contributed by atoms with Gasteiger partial charge in [-0.1, -0.05) is 0 Å². The molecular weight excluding hydrogens is 398 g/mol. The van der Waals surface area contributed by atoms with Gasteiger partial charge in [0.25, 0.3) is 0 Å². The fourth-order valence-electron chi connectivity index (χ4n) is 1.09. The summed E-state index contributed by atoms with van der Waals surface area (Å²) in [6.07, 6.45) is 1.74. The summed E-state index contributed by atoms with van der Waals surface area (Å²) < 4.78 is 8.26. The standard InChI is InChI=1S/C8H6I2OS/c9-5-4-12-8(7(5)10)6-2-1-3-11-6/h1-3,8H,4H2. The van der Waals surface area contributed by atoms with Gasteiger partial charge in [0.15, 0.2) is 0 Å². The Morgan fingerprint density at radius 3 is 2.83 bits per heavy atom. The number of halogens is 2. The lowest BCUT2D eigenvalue weighted by Gasteiger charge is -2.04. The Morgan fingerprint density at radius 2 is 2.33 bits per heavy atom. The number of rotatable bonds is 1. The van der Waals surface area contributed by atoms with Crippen molar-refractivity contribution in [1.29, 1.82) is 0 Å². The van der Waals surface area contributed by atoms with Crippen molar-refractivity contribution in [3.05, 3.63) is 31.3 Å². The summed E-state index contributed by atoms with van der Waals surface area (Å²) in [6, 6.07) is 4.00. The van der Waals surface area contributed by atoms with Crippen LogP contribution < -0.4 is 0 Å². The van der Waals surface area contributed by atoms with E-state index >= 15 is 0 Å². The first-order valence-electron chi connectivity index (χ1n) is 3.48. The second-order valence-electron chi connectivity index (χ2n) is 2.46. The predicted octanol–water partition coefficient (Wildman–Crippen LogP) is 4.15. The molecule has 0 saturated carbocycles. The largest absolute Gasteiger partial charge is 0.468 e. The fraction of sp³-hybridized carbons (Fsp3) is 0.250. The van der Waals surface area contributed by atoms with Crippen LogP contribution in [0.5, 0.6) is 0 Å². The molecule has 1 aliphatic heterocycles. The molecule has 0 radical (unpaired) electrons. The molecule has 0 spiro atoms. The minimum Gasteiger partial charge on any atom is -0.468 e. The van der Waals surface area contributed by atoms with E-state index in [0.717, 1.165) is 11.5 Å². The molecule has 0 N–H and O–H groups in total. The molecule has 1 aromatic heterocycles. The van der Waals surface area contributed by atoms with Crippen LogP contribution in [0.3, 0.4) is 0 Å². The van der Waals surface area contributed by atoms with E-state index in [4.69, 9.17) is 4.42 Å². The molecule has 1 nitrogen and oxygen atoms in total. The van der Waals surface area contributed by atoms with Crippen molar-refractivity contribution in [3.8, 4) is 0 Å². The molecule has 2 heterocycles. The third-order valence-electron chi connectivity index (χ3n) is 1.67. The van der Waals surface area contributed by atoms with Crippen LogP contribution in [0.15, 0.2) is 30.0 Å². The highest BCUT2D eigenvalue weighted by Gasteiger charge is 2.26. The Kier molecular flexibility index (Phi) is 3.06. The maximum atomic E-state index is 5.37. The lowest BCUT2D eigenvalue weighted by atomic mass is 10.3. The SMILES string of the molecule is IC1=C(I)C(c2ccco2)SC1. The van der Waals surface area contributed by atoms with E-state index in [0.29, 0.717) is 5.25 Å². The van der Waals surface area contributed by atoms with E-state index < -0.39 is 0 Å². The van der Waals surface area contributed by atoms with E-state index in [1.165, 1.54) is 7.16 Å². The van der Waals surface area contributed by atoms with Crippen LogP contribution in [0.2, 0.25) is 0 Å². The van der Waals surface area contributed by atoms with Crippen LogP contribution in [0.4, 0.5) is 0 Å². The summed E-state index contributed by atoms with van der Waals surface area (Å²) in [6.45, 7) is 0. The van der Waals surface area contributed by atoms with E-state index in [-0.39, 0.29) is 0 Å². The Bertz CT molecular complexity index is 305. The van der Waals surface area contributed by atoms with Gasteiger partial charge in [0, 0.05) is 12.9 Å². The Labute approximate surface area is 103 Å². The molecule has 0 aromatic carbocycles. The van der Waals surface area contributed by atoms with E-state index in [1.807, 2.05) is 23.9 Å². The normalized spacial score (nSPS) is 23.7. The summed E-state index contributed by atoms with van der Waals surface area (Å²) in [4.78, 5) is 0. The van der Waals surface area contributed by atoms with Gasteiger partial charge in [-0.3, -0.25) is 0 Å². The van der Waals surface area contributed by atoms with Crippen LogP contribution in [-0.4, -0.2) is 5.75 Å². The molecule has 1 aromatic rings. The summed E-state index contributed by atoms with van der Waals surface area (Å²) in [5.41, 5.74) is 0. The highest BCUT2D eigenvalue weighted by molar-refractivity contribution is 14.1. The van der Waals surface area contributed by atoms with Crippen LogP contribution in [0.1, 0.15) is 11.0 Å². The zero-order valence-electron chi connectivity index (χ0n) is 6.09. The Hall–Kier alpha value is 0.830. The van der Waals surface area contributed by atoms with Crippen molar-refractivity contribution in [2.24, 2.45) is 0 Å². The molecule has 12 heavy (non-hydrogen) atoms. The maximum absolute atomic E-state index is 5.37. The quantitative estimate of drug-likeness (QED) is 0.653. The van der Waals surface area contributed by atoms with Gasteiger partial charge in [-0.25, -0.2) is 0 Å². The molecule has 1 atom stereocenters. The smallest absolute Gasteiger partial charge is 0.121 e. The number of furan rings is 1. The van der Waals surface area contributed by atoms with Crippen LogP contribution >= 0.6 is 56.9 Å². The van der Waals surface area contributed by atoms with Crippen molar-refractivity contribution in [1.82, 2.24) is 0 Å². The van der Waals surface area contributed by atoms with Gasteiger partial charge in [0.1, 0.15) is 5.76 Å². The van der Waals surface area contributed by atoms with Crippen LogP contribution in [0.25, 0.3) is 0 Å². The minimum absolute atomic E-state index is 0.451. The highest BCUT2D eigenvalue weighted by atomic mass is 127. The molecule has 4 heteroatoms. The monoisotopic (exact) mass is 404 g/mol. The first-order chi connectivity index (χ1) is 5.79. The summed E-state index contributed by atoms with van der Waals surface area (Å²) >= 11 is 6.75. The van der Waals surface area contributed by atoms with Crippen molar-refractivity contribution >= 4 is 56.9 Å². The molecule has 1 aliphatic rings. The van der Waals surface area contributed by atoms with Gasteiger partial charge in [0.2, 0.25) is 0 Å².